The second kappa shape index (κ2) is 8.14. The lowest BCUT2D eigenvalue weighted by atomic mass is 10.2. The zero-order valence-corrected chi connectivity index (χ0v) is 8.97. The molecule has 0 aliphatic rings. The number of aliphatic hydroxyl groups is 2. The van der Waals surface area contributed by atoms with E-state index >= 15 is 0 Å². The highest BCUT2D eigenvalue weighted by Gasteiger charge is 2.22. The van der Waals surface area contributed by atoms with Gasteiger partial charge in [0.15, 0.2) is 6.29 Å². The van der Waals surface area contributed by atoms with Crippen molar-refractivity contribution in [2.45, 2.75) is 32.3 Å². The predicted octanol–water partition coefficient (Wildman–Crippen LogP) is -0.246. The van der Waals surface area contributed by atoms with Gasteiger partial charge in [-0.15, -0.1) is 0 Å². The van der Waals surface area contributed by atoms with E-state index in [0.717, 1.165) is 0 Å². The maximum absolute atomic E-state index is 9.00. The van der Waals surface area contributed by atoms with Crippen LogP contribution in [0.5, 0.6) is 0 Å². The second-order valence-electron chi connectivity index (χ2n) is 2.84. The molecule has 0 aromatic carbocycles. The highest BCUT2D eigenvalue weighted by Crippen LogP contribution is 2.06. The molecule has 1 unspecified atom stereocenters. The Balaban J connectivity index is 3.98. The Hall–Kier alpha value is -0.200. The largest absolute Gasteiger partial charge is 0.394 e. The molecule has 0 saturated carbocycles. The van der Waals surface area contributed by atoms with E-state index in [1.807, 2.05) is 6.92 Å². The van der Waals surface area contributed by atoms with Crippen molar-refractivity contribution in [3.05, 3.63) is 0 Å². The molecule has 0 aromatic rings. The number of hydrogen-bond donors (Lipinski definition) is 2. The first-order valence-corrected chi connectivity index (χ1v) is 4.71. The Labute approximate surface area is 84.6 Å². The van der Waals surface area contributed by atoms with Gasteiger partial charge < -0.3 is 24.4 Å². The van der Waals surface area contributed by atoms with Crippen LogP contribution in [0.15, 0.2) is 0 Å². The number of methoxy groups -OCH3 is 1. The minimum Gasteiger partial charge on any atom is -0.394 e. The molecule has 0 fully saturated rings. The normalized spacial score (nSPS) is 17.8. The summed E-state index contributed by atoms with van der Waals surface area (Å²) in [5.41, 5.74) is 0. The summed E-state index contributed by atoms with van der Waals surface area (Å²) in [7, 11) is 1.46. The molecule has 0 aliphatic carbocycles. The molecule has 0 rings (SSSR count). The summed E-state index contributed by atoms with van der Waals surface area (Å²) in [5, 5.41) is 17.9. The molecule has 0 aliphatic heterocycles. The molecule has 0 heterocycles. The van der Waals surface area contributed by atoms with Crippen LogP contribution in [-0.2, 0) is 14.2 Å². The summed E-state index contributed by atoms with van der Waals surface area (Å²) < 4.78 is 15.4. The van der Waals surface area contributed by atoms with Gasteiger partial charge in [-0.05, 0) is 13.8 Å². The van der Waals surface area contributed by atoms with Crippen LogP contribution < -0.4 is 0 Å². The third kappa shape index (κ3) is 4.88. The molecule has 0 radical (unpaired) electrons. The minimum atomic E-state index is -0.563. The van der Waals surface area contributed by atoms with Crippen LogP contribution in [0.3, 0.4) is 0 Å². The number of rotatable bonds is 8. The molecule has 5 heteroatoms. The average molecular weight is 208 g/mol. The lowest BCUT2D eigenvalue weighted by Gasteiger charge is -2.25. The van der Waals surface area contributed by atoms with Crippen molar-refractivity contribution >= 4 is 0 Å². The smallest absolute Gasteiger partial charge is 0.155 e. The molecule has 0 bridgehead atoms. The summed E-state index contributed by atoms with van der Waals surface area (Å²) in [6.07, 6.45) is -1.50. The first kappa shape index (κ1) is 13.8. The first-order chi connectivity index (χ1) is 6.69. The standard InChI is InChI=1S/C9H20O5/c1-4-13-7(2)14-9(6-11)8(5-10)12-3/h7-11H,4-6H2,1-3H3/t7?,8-,9+/m0/s1. The Morgan fingerprint density at radius 3 is 2.07 bits per heavy atom. The molecule has 14 heavy (non-hydrogen) atoms. The first-order valence-electron chi connectivity index (χ1n) is 4.71. The van der Waals surface area contributed by atoms with Gasteiger partial charge in [0.2, 0.25) is 0 Å². The monoisotopic (exact) mass is 208 g/mol. The molecule has 2 N–H and O–H groups in total. The molecule has 0 saturated heterocycles. The third-order valence-electron chi connectivity index (χ3n) is 1.85. The maximum atomic E-state index is 9.00. The average Bonchev–Trinajstić information content (AvgIpc) is 2.18. The fourth-order valence-corrected chi connectivity index (χ4v) is 1.11. The highest BCUT2D eigenvalue weighted by atomic mass is 16.7. The molecule has 86 valence electrons. The summed E-state index contributed by atoms with van der Waals surface area (Å²) in [6, 6.07) is 0. The highest BCUT2D eigenvalue weighted by molar-refractivity contribution is 4.68. The van der Waals surface area contributed by atoms with E-state index in [1.165, 1.54) is 7.11 Å². The SMILES string of the molecule is CCOC(C)O[C@H](CO)[C@H](CO)OC. The Morgan fingerprint density at radius 2 is 1.71 bits per heavy atom. The molecule has 3 atom stereocenters. The van der Waals surface area contributed by atoms with E-state index in [2.05, 4.69) is 0 Å². The topological polar surface area (TPSA) is 68.2 Å². The lowest BCUT2D eigenvalue weighted by Crippen LogP contribution is -2.39. The van der Waals surface area contributed by atoms with E-state index < -0.39 is 18.5 Å². The van der Waals surface area contributed by atoms with Crippen LogP contribution in [0, 0.1) is 0 Å². The van der Waals surface area contributed by atoms with E-state index in [-0.39, 0.29) is 13.2 Å². The summed E-state index contributed by atoms with van der Waals surface area (Å²) >= 11 is 0. The van der Waals surface area contributed by atoms with Crippen molar-refractivity contribution in [2.75, 3.05) is 26.9 Å². The van der Waals surface area contributed by atoms with Crippen molar-refractivity contribution in [2.24, 2.45) is 0 Å². The van der Waals surface area contributed by atoms with Gasteiger partial charge in [-0.1, -0.05) is 0 Å². The van der Waals surface area contributed by atoms with Crippen LogP contribution in [0.1, 0.15) is 13.8 Å². The van der Waals surface area contributed by atoms with Crippen LogP contribution >= 0.6 is 0 Å². The van der Waals surface area contributed by atoms with Gasteiger partial charge in [-0.3, -0.25) is 0 Å². The number of ether oxygens (including phenoxy) is 3. The van der Waals surface area contributed by atoms with Gasteiger partial charge in [-0.2, -0.15) is 0 Å². The molecular weight excluding hydrogens is 188 g/mol. The Kier molecular flexibility index (Phi) is 8.02. The summed E-state index contributed by atoms with van der Waals surface area (Å²) in [6.45, 7) is 3.72. The van der Waals surface area contributed by atoms with Gasteiger partial charge >= 0.3 is 0 Å². The quantitative estimate of drug-likeness (QED) is 0.538. The fourth-order valence-electron chi connectivity index (χ4n) is 1.11. The predicted molar refractivity (Wildman–Crippen MR) is 50.9 cm³/mol. The van der Waals surface area contributed by atoms with Gasteiger partial charge in [0.05, 0.1) is 13.2 Å². The van der Waals surface area contributed by atoms with Crippen LogP contribution in [0.4, 0.5) is 0 Å². The van der Waals surface area contributed by atoms with E-state index in [4.69, 9.17) is 24.4 Å². The van der Waals surface area contributed by atoms with Gasteiger partial charge in [0.25, 0.3) is 0 Å². The van der Waals surface area contributed by atoms with E-state index in [9.17, 15) is 0 Å². The fraction of sp³-hybridized carbons (Fsp3) is 1.00. The van der Waals surface area contributed by atoms with Gasteiger partial charge in [-0.25, -0.2) is 0 Å². The third-order valence-corrected chi connectivity index (χ3v) is 1.85. The zero-order valence-electron chi connectivity index (χ0n) is 8.97. The van der Waals surface area contributed by atoms with E-state index in [0.29, 0.717) is 6.61 Å². The van der Waals surface area contributed by atoms with Crippen LogP contribution in [0.2, 0.25) is 0 Å². The van der Waals surface area contributed by atoms with Crippen molar-refractivity contribution < 1.29 is 24.4 Å². The maximum Gasteiger partial charge on any atom is 0.155 e. The number of aliphatic hydroxyl groups excluding tert-OH is 2. The van der Waals surface area contributed by atoms with Crippen LogP contribution in [-0.4, -0.2) is 55.6 Å². The van der Waals surface area contributed by atoms with Crippen molar-refractivity contribution in [3.63, 3.8) is 0 Å². The summed E-state index contributed by atoms with van der Waals surface area (Å²) in [4.78, 5) is 0. The van der Waals surface area contributed by atoms with Crippen molar-refractivity contribution in [1.82, 2.24) is 0 Å². The van der Waals surface area contributed by atoms with Crippen molar-refractivity contribution in [1.29, 1.82) is 0 Å². The molecule has 0 spiro atoms. The molecule has 0 amide bonds. The van der Waals surface area contributed by atoms with Gasteiger partial charge in [0.1, 0.15) is 12.2 Å². The van der Waals surface area contributed by atoms with Gasteiger partial charge in [0, 0.05) is 13.7 Å². The molecule has 0 aromatic heterocycles. The molecular formula is C9H20O5. The Morgan fingerprint density at radius 1 is 1.14 bits per heavy atom. The van der Waals surface area contributed by atoms with Crippen LogP contribution in [0.25, 0.3) is 0 Å². The number of hydrogen-bond acceptors (Lipinski definition) is 5. The summed E-state index contributed by atoms with van der Waals surface area (Å²) in [5.74, 6) is 0. The lowest BCUT2D eigenvalue weighted by molar-refractivity contribution is -0.198. The van der Waals surface area contributed by atoms with E-state index in [1.54, 1.807) is 6.92 Å². The zero-order chi connectivity index (χ0) is 11.0. The van der Waals surface area contributed by atoms with Crippen molar-refractivity contribution in [3.8, 4) is 0 Å². The minimum absolute atomic E-state index is 0.194. The Bertz CT molecular complexity index is 126. The molecule has 5 nitrogen and oxygen atoms in total. The second-order valence-corrected chi connectivity index (χ2v) is 2.84.